The molecule has 1 atom stereocenters. The van der Waals surface area contributed by atoms with Gasteiger partial charge < -0.3 is 14.6 Å². The van der Waals surface area contributed by atoms with Crippen molar-refractivity contribution in [3.63, 3.8) is 0 Å². The second-order valence-electron chi connectivity index (χ2n) is 7.50. The molecule has 1 aromatic carbocycles. The number of carbonyl (C=O) groups is 1. The highest BCUT2D eigenvalue weighted by molar-refractivity contribution is 5.79. The number of aromatic nitrogens is 3. The van der Waals surface area contributed by atoms with Gasteiger partial charge in [-0.15, -0.1) is 0 Å². The van der Waals surface area contributed by atoms with Crippen molar-refractivity contribution in [2.45, 2.75) is 46.6 Å². The van der Waals surface area contributed by atoms with E-state index in [0.29, 0.717) is 12.3 Å². The molecule has 4 rings (SSSR count). The molecule has 0 spiro atoms. The van der Waals surface area contributed by atoms with Gasteiger partial charge in [0.15, 0.2) is 0 Å². The SMILES string of the molecule is Cc1cnc(C)c(-c2ccc3c(c2)C[C@@H](CNC(=O)Cc2c(C)noc2C)O3)n1. The number of hydrogen-bond donors (Lipinski definition) is 1. The summed E-state index contributed by atoms with van der Waals surface area (Å²) in [6.07, 6.45) is 2.69. The summed E-state index contributed by atoms with van der Waals surface area (Å²) in [7, 11) is 0. The topological polar surface area (TPSA) is 90.1 Å². The van der Waals surface area contributed by atoms with Crippen molar-refractivity contribution in [2.24, 2.45) is 0 Å². The van der Waals surface area contributed by atoms with Crippen LogP contribution in [-0.2, 0) is 17.6 Å². The second kappa shape index (κ2) is 7.66. The van der Waals surface area contributed by atoms with Crippen molar-refractivity contribution in [1.29, 1.82) is 0 Å². The maximum atomic E-state index is 12.3. The molecule has 29 heavy (non-hydrogen) atoms. The van der Waals surface area contributed by atoms with Crippen LogP contribution in [0.15, 0.2) is 28.9 Å². The van der Waals surface area contributed by atoms with Gasteiger partial charge in [-0.1, -0.05) is 5.16 Å². The summed E-state index contributed by atoms with van der Waals surface area (Å²) >= 11 is 0. The van der Waals surface area contributed by atoms with E-state index in [2.05, 4.69) is 26.5 Å². The Labute approximate surface area is 169 Å². The zero-order chi connectivity index (χ0) is 20.5. The van der Waals surface area contributed by atoms with Crippen molar-refractivity contribution in [3.8, 4) is 17.0 Å². The van der Waals surface area contributed by atoms with Crippen LogP contribution in [0.5, 0.6) is 5.75 Å². The van der Waals surface area contributed by atoms with Gasteiger partial charge in [0, 0.05) is 23.7 Å². The first-order chi connectivity index (χ1) is 13.9. The fraction of sp³-hybridized carbons (Fsp3) is 0.364. The number of nitrogens with zero attached hydrogens (tertiary/aromatic N) is 3. The van der Waals surface area contributed by atoms with Gasteiger partial charge in [-0.3, -0.25) is 9.78 Å². The van der Waals surface area contributed by atoms with E-state index < -0.39 is 0 Å². The lowest BCUT2D eigenvalue weighted by Crippen LogP contribution is -2.35. The number of aryl methyl sites for hydroxylation is 4. The highest BCUT2D eigenvalue weighted by Crippen LogP contribution is 2.33. The molecule has 1 amide bonds. The quantitative estimate of drug-likeness (QED) is 0.718. The Morgan fingerprint density at radius 3 is 2.79 bits per heavy atom. The van der Waals surface area contributed by atoms with Gasteiger partial charge in [0.2, 0.25) is 5.91 Å². The average Bonchev–Trinajstić information content (AvgIpc) is 3.25. The lowest BCUT2D eigenvalue weighted by molar-refractivity contribution is -0.120. The van der Waals surface area contributed by atoms with Gasteiger partial charge in [0.25, 0.3) is 0 Å². The van der Waals surface area contributed by atoms with E-state index in [1.165, 1.54) is 0 Å². The highest BCUT2D eigenvalue weighted by atomic mass is 16.5. The summed E-state index contributed by atoms with van der Waals surface area (Å²) in [5.41, 5.74) is 6.43. The number of ether oxygens (including phenoxy) is 1. The van der Waals surface area contributed by atoms with Crippen LogP contribution in [0.3, 0.4) is 0 Å². The van der Waals surface area contributed by atoms with Crippen LogP contribution in [0, 0.1) is 27.7 Å². The van der Waals surface area contributed by atoms with Crippen LogP contribution in [-0.4, -0.2) is 33.7 Å². The van der Waals surface area contributed by atoms with Gasteiger partial charge in [0.1, 0.15) is 17.6 Å². The number of hydrogen-bond acceptors (Lipinski definition) is 6. The summed E-state index contributed by atoms with van der Waals surface area (Å²) in [5.74, 6) is 1.48. The van der Waals surface area contributed by atoms with E-state index in [0.717, 1.165) is 51.6 Å². The van der Waals surface area contributed by atoms with Crippen LogP contribution < -0.4 is 10.1 Å². The van der Waals surface area contributed by atoms with Gasteiger partial charge in [-0.2, -0.15) is 0 Å². The maximum Gasteiger partial charge on any atom is 0.224 e. The summed E-state index contributed by atoms with van der Waals surface area (Å²) in [5, 5.41) is 6.85. The van der Waals surface area contributed by atoms with Crippen LogP contribution >= 0.6 is 0 Å². The highest BCUT2D eigenvalue weighted by Gasteiger charge is 2.24. The molecule has 0 bridgehead atoms. The molecule has 3 aromatic rings. The van der Waals surface area contributed by atoms with Crippen molar-refractivity contribution in [2.75, 3.05) is 6.54 Å². The Balaban J connectivity index is 1.39. The van der Waals surface area contributed by atoms with Gasteiger partial charge in [0.05, 0.1) is 35.7 Å². The van der Waals surface area contributed by atoms with Crippen molar-refractivity contribution >= 4 is 5.91 Å². The van der Waals surface area contributed by atoms with E-state index in [-0.39, 0.29) is 18.4 Å². The molecule has 0 fully saturated rings. The van der Waals surface area contributed by atoms with E-state index in [4.69, 9.17) is 9.26 Å². The van der Waals surface area contributed by atoms with Crippen molar-refractivity contribution in [1.82, 2.24) is 20.4 Å². The Hall–Kier alpha value is -3.22. The van der Waals surface area contributed by atoms with Crippen molar-refractivity contribution < 1.29 is 14.1 Å². The molecular weight excluding hydrogens is 368 g/mol. The fourth-order valence-electron chi connectivity index (χ4n) is 3.60. The van der Waals surface area contributed by atoms with E-state index >= 15 is 0 Å². The summed E-state index contributed by atoms with van der Waals surface area (Å²) in [6.45, 7) is 8.01. The molecule has 7 heteroatoms. The lowest BCUT2D eigenvalue weighted by atomic mass is 10.0. The third-order valence-electron chi connectivity index (χ3n) is 5.20. The minimum Gasteiger partial charge on any atom is -0.488 e. The van der Waals surface area contributed by atoms with Crippen LogP contribution in [0.4, 0.5) is 0 Å². The number of benzene rings is 1. The molecule has 150 valence electrons. The molecule has 2 aromatic heterocycles. The Kier molecular flexibility index (Phi) is 5.05. The normalized spacial score (nSPS) is 15.1. The van der Waals surface area contributed by atoms with Crippen molar-refractivity contribution in [3.05, 3.63) is 58.4 Å². The number of fused-ring (bicyclic) bond motifs is 1. The second-order valence-corrected chi connectivity index (χ2v) is 7.50. The van der Waals surface area contributed by atoms with E-state index in [1.807, 2.05) is 39.8 Å². The molecule has 1 N–H and O–H groups in total. The Morgan fingerprint density at radius 1 is 1.21 bits per heavy atom. The smallest absolute Gasteiger partial charge is 0.224 e. The molecular formula is C22H24N4O3. The molecule has 0 aliphatic carbocycles. The number of amides is 1. The van der Waals surface area contributed by atoms with E-state index in [1.54, 1.807) is 6.20 Å². The monoisotopic (exact) mass is 392 g/mol. The minimum absolute atomic E-state index is 0.0645. The average molecular weight is 392 g/mol. The predicted molar refractivity (Wildman–Crippen MR) is 108 cm³/mol. The zero-order valence-corrected chi connectivity index (χ0v) is 17.1. The number of nitrogens with one attached hydrogen (secondary N) is 1. The molecule has 7 nitrogen and oxygen atoms in total. The fourth-order valence-corrected chi connectivity index (χ4v) is 3.60. The number of carbonyl (C=O) groups excluding carboxylic acids is 1. The van der Waals surface area contributed by atoms with Crippen LogP contribution in [0.25, 0.3) is 11.3 Å². The molecule has 3 heterocycles. The Bertz CT molecular complexity index is 1050. The van der Waals surface area contributed by atoms with Gasteiger partial charge in [-0.05, 0) is 51.5 Å². The summed E-state index contributed by atoms with van der Waals surface area (Å²) in [4.78, 5) is 21.3. The maximum absolute atomic E-state index is 12.3. The Morgan fingerprint density at radius 2 is 2.03 bits per heavy atom. The predicted octanol–water partition coefficient (Wildman–Crippen LogP) is 3.03. The summed E-state index contributed by atoms with van der Waals surface area (Å²) in [6, 6.07) is 6.09. The molecule has 1 aliphatic rings. The van der Waals surface area contributed by atoms with Crippen LogP contribution in [0.2, 0.25) is 0 Å². The lowest BCUT2D eigenvalue weighted by Gasteiger charge is -2.12. The van der Waals surface area contributed by atoms with E-state index in [9.17, 15) is 4.79 Å². The molecule has 0 saturated heterocycles. The molecule has 0 radical (unpaired) electrons. The molecule has 1 aliphatic heterocycles. The van der Waals surface area contributed by atoms with Gasteiger partial charge in [-0.25, -0.2) is 4.98 Å². The first-order valence-electron chi connectivity index (χ1n) is 9.69. The zero-order valence-electron chi connectivity index (χ0n) is 17.1. The standard InChI is InChI=1S/C22H24N4O3/c1-12-10-23-14(3)22(25-12)16-5-6-20-17(7-16)8-18(28-20)11-24-21(27)9-19-13(2)26-29-15(19)4/h5-7,10,18H,8-9,11H2,1-4H3,(H,24,27)/t18-/m0/s1. The third kappa shape index (κ3) is 3.99. The van der Waals surface area contributed by atoms with Crippen LogP contribution in [0.1, 0.15) is 34.0 Å². The summed E-state index contributed by atoms with van der Waals surface area (Å²) < 4.78 is 11.1. The largest absolute Gasteiger partial charge is 0.488 e. The number of rotatable bonds is 5. The first kappa shape index (κ1) is 19.1. The molecule has 0 unspecified atom stereocenters. The molecule has 0 saturated carbocycles. The first-order valence-corrected chi connectivity index (χ1v) is 9.69. The third-order valence-corrected chi connectivity index (χ3v) is 5.20. The minimum atomic E-state index is -0.0847. The van der Waals surface area contributed by atoms with Gasteiger partial charge >= 0.3 is 0 Å².